The van der Waals surface area contributed by atoms with Gasteiger partial charge in [-0.15, -0.1) is 0 Å². The summed E-state index contributed by atoms with van der Waals surface area (Å²) in [7, 11) is -3.31. The Hall–Kier alpha value is -3.56. The standard InChI is InChI=1S/C29H36N4O4S/c1-3-33(29(34)30-21-23-7-5-4-6-8-23)26-17-19-32(20-18-26)22-24-9-13-27(14-10-24)37-28-15-11-25(12-16-28)31-38(2,35)36/h4-16,26,31H,3,17-22H2,1-2H3,(H,30,34). The zero-order valence-electron chi connectivity index (χ0n) is 22.0. The number of amides is 2. The number of anilines is 1. The number of benzene rings is 3. The monoisotopic (exact) mass is 536 g/mol. The van der Waals surface area contributed by atoms with Crippen molar-refractivity contribution in [1.29, 1.82) is 0 Å². The Morgan fingerprint density at radius 3 is 2.11 bits per heavy atom. The lowest BCUT2D eigenvalue weighted by Crippen LogP contribution is -2.50. The molecule has 38 heavy (non-hydrogen) atoms. The molecular formula is C29H36N4O4S. The van der Waals surface area contributed by atoms with Gasteiger partial charge in [0.05, 0.1) is 6.26 Å². The lowest BCUT2D eigenvalue weighted by atomic mass is 10.0. The SMILES string of the molecule is CCN(C(=O)NCc1ccccc1)C1CCN(Cc2ccc(Oc3ccc(NS(C)(=O)=O)cc3)cc2)CC1. The Balaban J connectivity index is 1.23. The summed E-state index contributed by atoms with van der Waals surface area (Å²) in [6.45, 7) is 6.02. The molecule has 0 bridgehead atoms. The molecule has 0 radical (unpaired) electrons. The van der Waals surface area contributed by atoms with Gasteiger partial charge in [0.2, 0.25) is 10.0 Å². The Labute approximate surface area is 225 Å². The van der Waals surface area contributed by atoms with Crippen molar-refractivity contribution in [1.82, 2.24) is 15.1 Å². The highest BCUT2D eigenvalue weighted by molar-refractivity contribution is 7.92. The average Bonchev–Trinajstić information content (AvgIpc) is 2.91. The van der Waals surface area contributed by atoms with Crippen LogP contribution in [0.25, 0.3) is 0 Å². The molecule has 0 saturated carbocycles. The number of ether oxygens (including phenoxy) is 1. The van der Waals surface area contributed by atoms with Crippen LogP contribution in [-0.4, -0.2) is 56.2 Å². The van der Waals surface area contributed by atoms with Crippen molar-refractivity contribution in [3.8, 4) is 11.5 Å². The molecular weight excluding hydrogens is 500 g/mol. The van der Waals surface area contributed by atoms with E-state index in [1.807, 2.05) is 54.3 Å². The molecule has 2 N–H and O–H groups in total. The highest BCUT2D eigenvalue weighted by Crippen LogP contribution is 2.25. The van der Waals surface area contributed by atoms with Gasteiger partial charge in [0, 0.05) is 44.5 Å². The Bertz CT molecular complexity index is 1270. The fourth-order valence-electron chi connectivity index (χ4n) is 4.69. The third-order valence-corrected chi connectivity index (χ3v) is 7.22. The van der Waals surface area contributed by atoms with Crippen molar-refractivity contribution in [2.24, 2.45) is 0 Å². The highest BCUT2D eigenvalue weighted by atomic mass is 32.2. The van der Waals surface area contributed by atoms with Crippen molar-refractivity contribution in [2.45, 2.75) is 38.9 Å². The number of piperidine rings is 1. The molecule has 2 amide bonds. The van der Waals surface area contributed by atoms with Gasteiger partial charge in [-0.2, -0.15) is 0 Å². The Kier molecular flexibility index (Phi) is 9.25. The molecule has 1 aliphatic rings. The lowest BCUT2D eigenvalue weighted by Gasteiger charge is -2.38. The minimum Gasteiger partial charge on any atom is -0.457 e. The summed E-state index contributed by atoms with van der Waals surface area (Å²) in [6, 6.07) is 25.1. The van der Waals surface area contributed by atoms with Crippen LogP contribution in [0.5, 0.6) is 11.5 Å². The van der Waals surface area contributed by atoms with Crippen LogP contribution in [0, 0.1) is 0 Å². The Morgan fingerprint density at radius 2 is 1.53 bits per heavy atom. The van der Waals surface area contributed by atoms with E-state index in [9.17, 15) is 13.2 Å². The number of hydrogen-bond acceptors (Lipinski definition) is 5. The van der Waals surface area contributed by atoms with E-state index in [2.05, 4.69) is 27.1 Å². The average molecular weight is 537 g/mol. The first-order chi connectivity index (χ1) is 18.3. The molecule has 0 spiro atoms. The fourth-order valence-corrected chi connectivity index (χ4v) is 5.26. The van der Waals surface area contributed by atoms with E-state index in [4.69, 9.17) is 4.74 Å². The number of urea groups is 1. The quantitative estimate of drug-likeness (QED) is 0.379. The minimum atomic E-state index is -3.31. The molecule has 4 rings (SSSR count). The maximum absolute atomic E-state index is 12.8. The zero-order chi connectivity index (χ0) is 27.0. The van der Waals surface area contributed by atoms with Crippen molar-refractivity contribution >= 4 is 21.7 Å². The molecule has 1 saturated heterocycles. The van der Waals surface area contributed by atoms with Crippen LogP contribution in [0.1, 0.15) is 30.9 Å². The molecule has 8 nitrogen and oxygen atoms in total. The number of hydrogen-bond donors (Lipinski definition) is 2. The van der Waals surface area contributed by atoms with Crippen LogP contribution in [0.4, 0.5) is 10.5 Å². The van der Waals surface area contributed by atoms with Crippen molar-refractivity contribution in [3.05, 3.63) is 90.0 Å². The third-order valence-electron chi connectivity index (χ3n) is 6.61. The first kappa shape index (κ1) is 27.5. The number of sulfonamides is 1. The molecule has 0 atom stereocenters. The number of likely N-dealkylation sites (tertiary alicyclic amines) is 1. The summed E-state index contributed by atoms with van der Waals surface area (Å²) >= 11 is 0. The van der Waals surface area contributed by atoms with Crippen LogP contribution in [-0.2, 0) is 23.1 Å². The number of rotatable bonds is 10. The Morgan fingerprint density at radius 1 is 0.921 bits per heavy atom. The molecule has 3 aromatic rings. The van der Waals surface area contributed by atoms with E-state index in [-0.39, 0.29) is 12.1 Å². The van der Waals surface area contributed by atoms with Crippen molar-refractivity contribution in [3.63, 3.8) is 0 Å². The number of carbonyl (C=O) groups is 1. The maximum atomic E-state index is 12.8. The van der Waals surface area contributed by atoms with Gasteiger partial charge in [0.25, 0.3) is 0 Å². The van der Waals surface area contributed by atoms with Crippen LogP contribution in [0.2, 0.25) is 0 Å². The van der Waals surface area contributed by atoms with E-state index in [0.717, 1.165) is 50.0 Å². The van der Waals surface area contributed by atoms with Gasteiger partial charge in [-0.05, 0) is 67.3 Å². The molecule has 1 aliphatic heterocycles. The molecule has 0 aliphatic carbocycles. The van der Waals surface area contributed by atoms with Gasteiger partial charge in [-0.3, -0.25) is 9.62 Å². The predicted molar refractivity (Wildman–Crippen MR) is 151 cm³/mol. The molecule has 0 unspecified atom stereocenters. The summed E-state index contributed by atoms with van der Waals surface area (Å²) < 4.78 is 31.0. The number of nitrogens with one attached hydrogen (secondary N) is 2. The minimum absolute atomic E-state index is 0.00620. The van der Waals surface area contributed by atoms with Crippen LogP contribution < -0.4 is 14.8 Å². The normalized spacial score (nSPS) is 14.6. The third kappa shape index (κ3) is 8.22. The van der Waals surface area contributed by atoms with Crippen LogP contribution in [0.15, 0.2) is 78.9 Å². The summed E-state index contributed by atoms with van der Waals surface area (Å²) in [6.07, 6.45) is 3.03. The number of nitrogens with zero attached hydrogens (tertiary/aromatic N) is 2. The molecule has 1 fully saturated rings. The van der Waals surface area contributed by atoms with Gasteiger partial charge in [0.1, 0.15) is 11.5 Å². The topological polar surface area (TPSA) is 91.0 Å². The predicted octanol–water partition coefficient (Wildman–Crippen LogP) is 5.05. The smallest absolute Gasteiger partial charge is 0.317 e. The van der Waals surface area contributed by atoms with Crippen LogP contribution in [0.3, 0.4) is 0 Å². The summed E-state index contributed by atoms with van der Waals surface area (Å²) in [4.78, 5) is 17.2. The first-order valence-corrected chi connectivity index (χ1v) is 14.8. The van der Waals surface area contributed by atoms with E-state index in [1.54, 1.807) is 24.3 Å². The molecule has 1 heterocycles. The van der Waals surface area contributed by atoms with Crippen LogP contribution >= 0.6 is 0 Å². The van der Waals surface area contributed by atoms with Gasteiger partial charge >= 0.3 is 6.03 Å². The molecule has 9 heteroatoms. The second-order valence-corrected chi connectivity index (χ2v) is 11.3. The van der Waals surface area contributed by atoms with Crippen molar-refractivity contribution in [2.75, 3.05) is 30.6 Å². The number of carbonyl (C=O) groups excluding carboxylic acids is 1. The largest absolute Gasteiger partial charge is 0.457 e. The molecule has 0 aromatic heterocycles. The van der Waals surface area contributed by atoms with E-state index >= 15 is 0 Å². The second-order valence-electron chi connectivity index (χ2n) is 9.58. The summed E-state index contributed by atoms with van der Waals surface area (Å²) in [5, 5.41) is 3.07. The fraction of sp³-hybridized carbons (Fsp3) is 0.345. The van der Waals surface area contributed by atoms with E-state index in [0.29, 0.717) is 24.5 Å². The van der Waals surface area contributed by atoms with Gasteiger partial charge in [-0.25, -0.2) is 13.2 Å². The lowest BCUT2D eigenvalue weighted by molar-refractivity contribution is 0.120. The maximum Gasteiger partial charge on any atom is 0.317 e. The summed E-state index contributed by atoms with van der Waals surface area (Å²) in [5.74, 6) is 1.35. The second kappa shape index (κ2) is 12.8. The molecule has 3 aromatic carbocycles. The van der Waals surface area contributed by atoms with Gasteiger partial charge in [0.15, 0.2) is 0 Å². The van der Waals surface area contributed by atoms with Crippen molar-refractivity contribution < 1.29 is 17.9 Å². The van der Waals surface area contributed by atoms with E-state index < -0.39 is 10.0 Å². The first-order valence-electron chi connectivity index (χ1n) is 12.9. The molecule has 202 valence electrons. The van der Waals surface area contributed by atoms with E-state index in [1.165, 1.54) is 5.56 Å². The van der Waals surface area contributed by atoms with Gasteiger partial charge in [-0.1, -0.05) is 42.5 Å². The summed E-state index contributed by atoms with van der Waals surface area (Å²) in [5.41, 5.74) is 2.80. The zero-order valence-corrected chi connectivity index (χ0v) is 22.8. The highest BCUT2D eigenvalue weighted by Gasteiger charge is 2.26. The van der Waals surface area contributed by atoms with Gasteiger partial charge < -0.3 is 15.0 Å².